The van der Waals surface area contributed by atoms with Gasteiger partial charge in [-0.25, -0.2) is 19.3 Å². The predicted octanol–water partition coefficient (Wildman–Crippen LogP) is 1.57. The molecule has 0 radical (unpaired) electrons. The van der Waals surface area contributed by atoms with Gasteiger partial charge >= 0.3 is 0 Å². The number of nitrogens with zero attached hydrogens (tertiary/aromatic N) is 5. The minimum absolute atomic E-state index is 0.320. The minimum Gasteiger partial charge on any atom is -0.391 e. The molecule has 0 aliphatic carbocycles. The first kappa shape index (κ1) is 17.1. The lowest BCUT2D eigenvalue weighted by Crippen LogP contribution is -2.52. The number of hydrogen-bond acceptors (Lipinski definition) is 6. The predicted molar refractivity (Wildman–Crippen MR) is 96.6 cm³/mol. The fourth-order valence-corrected chi connectivity index (χ4v) is 3.29. The molecule has 2 atom stereocenters. The van der Waals surface area contributed by atoms with Gasteiger partial charge in [0, 0.05) is 31.5 Å². The summed E-state index contributed by atoms with van der Waals surface area (Å²) < 4.78 is 15.7. The summed E-state index contributed by atoms with van der Waals surface area (Å²) in [6, 6.07) is 4.11. The molecule has 2 aromatic heterocycles. The van der Waals surface area contributed by atoms with Crippen LogP contribution in [0.1, 0.15) is 12.2 Å². The van der Waals surface area contributed by atoms with E-state index in [-0.39, 0.29) is 11.9 Å². The largest absolute Gasteiger partial charge is 0.391 e. The minimum atomic E-state index is -0.527. The molecule has 1 unspecified atom stereocenters. The second-order valence-corrected chi connectivity index (χ2v) is 6.85. The number of halogens is 2. The SMILES string of the molecule is N[C@@H]1CN(c2nc3ccc(F)cc3n2Cc2ncc(Cl)cn2)CCC1O. The molecule has 0 amide bonds. The van der Waals surface area contributed by atoms with Crippen LogP contribution in [0.4, 0.5) is 10.3 Å². The Morgan fingerprint density at radius 3 is 2.81 bits per heavy atom. The van der Waals surface area contributed by atoms with Crippen LogP contribution in [0.3, 0.4) is 0 Å². The summed E-state index contributed by atoms with van der Waals surface area (Å²) in [5.41, 5.74) is 7.34. The first-order valence-electron chi connectivity index (χ1n) is 8.32. The second-order valence-electron chi connectivity index (χ2n) is 6.41. The highest BCUT2D eigenvalue weighted by molar-refractivity contribution is 6.30. The van der Waals surface area contributed by atoms with E-state index in [0.717, 1.165) is 0 Å². The number of benzene rings is 1. The van der Waals surface area contributed by atoms with Crippen molar-refractivity contribution in [1.82, 2.24) is 19.5 Å². The number of nitrogens with two attached hydrogens (primary N) is 1. The van der Waals surface area contributed by atoms with Crippen LogP contribution in [-0.4, -0.2) is 49.9 Å². The lowest BCUT2D eigenvalue weighted by atomic mass is 10.0. The molecule has 0 saturated carbocycles. The number of hydrogen-bond donors (Lipinski definition) is 2. The Kier molecular flexibility index (Phi) is 4.47. The summed E-state index contributed by atoms with van der Waals surface area (Å²) in [6.45, 7) is 1.40. The van der Waals surface area contributed by atoms with E-state index in [0.29, 0.717) is 53.9 Å². The van der Waals surface area contributed by atoms with E-state index in [2.05, 4.69) is 15.0 Å². The molecule has 0 bridgehead atoms. The Morgan fingerprint density at radius 2 is 2.08 bits per heavy atom. The third-order valence-corrected chi connectivity index (χ3v) is 4.76. The van der Waals surface area contributed by atoms with Crippen molar-refractivity contribution in [3.05, 3.63) is 47.3 Å². The highest BCUT2D eigenvalue weighted by atomic mass is 35.5. The third kappa shape index (κ3) is 3.23. The van der Waals surface area contributed by atoms with Crippen molar-refractivity contribution in [3.63, 3.8) is 0 Å². The van der Waals surface area contributed by atoms with E-state index in [1.54, 1.807) is 6.07 Å². The van der Waals surface area contributed by atoms with E-state index in [4.69, 9.17) is 17.3 Å². The van der Waals surface area contributed by atoms with Gasteiger partial charge in [-0.1, -0.05) is 11.6 Å². The van der Waals surface area contributed by atoms with Gasteiger partial charge in [0.05, 0.1) is 28.7 Å². The van der Waals surface area contributed by atoms with Crippen molar-refractivity contribution in [2.75, 3.05) is 18.0 Å². The zero-order chi connectivity index (χ0) is 18.3. The number of rotatable bonds is 3. The lowest BCUT2D eigenvalue weighted by molar-refractivity contribution is 0.124. The zero-order valence-corrected chi connectivity index (χ0v) is 14.6. The maximum Gasteiger partial charge on any atom is 0.207 e. The molecule has 3 heterocycles. The highest BCUT2D eigenvalue weighted by Crippen LogP contribution is 2.26. The number of aliphatic hydroxyl groups excluding tert-OH is 1. The summed E-state index contributed by atoms with van der Waals surface area (Å²) >= 11 is 5.85. The molecule has 3 aromatic rings. The Morgan fingerprint density at radius 1 is 1.31 bits per heavy atom. The fraction of sp³-hybridized carbons (Fsp3) is 0.353. The van der Waals surface area contributed by atoms with Crippen molar-refractivity contribution in [1.29, 1.82) is 0 Å². The van der Waals surface area contributed by atoms with E-state index < -0.39 is 6.10 Å². The van der Waals surface area contributed by atoms with Crippen LogP contribution in [0.15, 0.2) is 30.6 Å². The summed E-state index contributed by atoms with van der Waals surface area (Å²) in [4.78, 5) is 15.1. The summed E-state index contributed by atoms with van der Waals surface area (Å²) in [5.74, 6) is 0.861. The Hall–Kier alpha value is -2.29. The first-order valence-corrected chi connectivity index (χ1v) is 8.70. The van der Waals surface area contributed by atoms with Gasteiger partial charge in [-0.2, -0.15) is 0 Å². The van der Waals surface area contributed by atoms with Crippen molar-refractivity contribution in [2.45, 2.75) is 25.1 Å². The molecule has 1 aliphatic rings. The normalized spacial score (nSPS) is 20.7. The molecule has 9 heteroatoms. The molecule has 26 heavy (non-hydrogen) atoms. The summed E-state index contributed by atoms with van der Waals surface area (Å²) in [7, 11) is 0. The van der Waals surface area contributed by atoms with Gasteiger partial charge in [0.2, 0.25) is 5.95 Å². The zero-order valence-electron chi connectivity index (χ0n) is 13.9. The van der Waals surface area contributed by atoms with Gasteiger partial charge in [-0.05, 0) is 24.6 Å². The molecule has 1 aromatic carbocycles. The smallest absolute Gasteiger partial charge is 0.207 e. The van der Waals surface area contributed by atoms with Gasteiger partial charge < -0.3 is 20.3 Å². The molecule has 1 fully saturated rings. The van der Waals surface area contributed by atoms with Crippen LogP contribution >= 0.6 is 11.6 Å². The first-order chi connectivity index (χ1) is 12.5. The van der Waals surface area contributed by atoms with Crippen LogP contribution in [0, 0.1) is 5.82 Å². The van der Waals surface area contributed by atoms with Crippen LogP contribution < -0.4 is 10.6 Å². The fourth-order valence-electron chi connectivity index (χ4n) is 3.19. The van der Waals surface area contributed by atoms with Crippen LogP contribution in [-0.2, 0) is 6.54 Å². The van der Waals surface area contributed by atoms with E-state index in [9.17, 15) is 9.50 Å². The number of aliphatic hydroxyl groups is 1. The van der Waals surface area contributed by atoms with Gasteiger partial charge in [0.1, 0.15) is 11.6 Å². The number of anilines is 1. The monoisotopic (exact) mass is 376 g/mol. The average molecular weight is 377 g/mol. The third-order valence-electron chi connectivity index (χ3n) is 4.57. The summed E-state index contributed by atoms with van der Waals surface area (Å²) in [6.07, 6.45) is 3.07. The second kappa shape index (κ2) is 6.79. The Labute approximate surface area is 154 Å². The maximum atomic E-state index is 13.8. The molecular weight excluding hydrogens is 359 g/mol. The standard InChI is InChI=1S/C17H18ClFN6O/c18-10-6-21-16(22-7-10)9-25-14-5-11(19)1-2-13(14)23-17(25)24-4-3-15(26)12(20)8-24/h1-2,5-7,12,15,26H,3-4,8-9,20H2/t12-,15?/m1/s1. The Balaban J connectivity index is 1.77. The topological polar surface area (TPSA) is 93.1 Å². The molecule has 3 N–H and O–H groups in total. The number of aromatic nitrogens is 4. The molecule has 7 nitrogen and oxygen atoms in total. The van der Waals surface area contributed by atoms with Gasteiger partial charge in [-0.3, -0.25) is 0 Å². The van der Waals surface area contributed by atoms with Crippen molar-refractivity contribution >= 4 is 28.6 Å². The number of fused-ring (bicyclic) bond motifs is 1. The van der Waals surface area contributed by atoms with Gasteiger partial charge in [-0.15, -0.1) is 0 Å². The van der Waals surface area contributed by atoms with E-state index >= 15 is 0 Å². The Bertz CT molecular complexity index is 931. The number of piperidine rings is 1. The van der Waals surface area contributed by atoms with E-state index in [1.165, 1.54) is 24.5 Å². The molecule has 1 aliphatic heterocycles. The molecule has 136 valence electrons. The molecule has 0 spiro atoms. The van der Waals surface area contributed by atoms with E-state index in [1.807, 2.05) is 9.47 Å². The molecule has 1 saturated heterocycles. The molecular formula is C17H18ClFN6O. The lowest BCUT2D eigenvalue weighted by Gasteiger charge is -2.35. The summed E-state index contributed by atoms with van der Waals surface area (Å²) in [5, 5.41) is 10.3. The van der Waals surface area contributed by atoms with Crippen LogP contribution in [0.25, 0.3) is 11.0 Å². The average Bonchev–Trinajstić information content (AvgIpc) is 2.97. The van der Waals surface area contributed by atoms with Crippen molar-refractivity contribution < 1.29 is 9.50 Å². The van der Waals surface area contributed by atoms with Gasteiger partial charge in [0.15, 0.2) is 0 Å². The number of imidazole rings is 1. The molecule has 4 rings (SSSR count). The quantitative estimate of drug-likeness (QED) is 0.720. The van der Waals surface area contributed by atoms with Crippen molar-refractivity contribution in [2.24, 2.45) is 5.73 Å². The highest BCUT2D eigenvalue weighted by Gasteiger charge is 2.28. The maximum absolute atomic E-state index is 13.8. The van der Waals surface area contributed by atoms with Crippen molar-refractivity contribution in [3.8, 4) is 0 Å². The van der Waals surface area contributed by atoms with Crippen LogP contribution in [0.2, 0.25) is 5.02 Å². The van der Waals surface area contributed by atoms with Crippen LogP contribution in [0.5, 0.6) is 0 Å². The van der Waals surface area contributed by atoms with Gasteiger partial charge in [0.25, 0.3) is 0 Å².